The van der Waals surface area contributed by atoms with Gasteiger partial charge in [-0.1, -0.05) is 30.3 Å². The first-order valence-corrected chi connectivity index (χ1v) is 8.18. The molecule has 0 aliphatic rings. The normalized spacial score (nSPS) is 13.1. The molecule has 0 bridgehead atoms. The molecule has 126 valence electrons. The van der Waals surface area contributed by atoms with Crippen LogP contribution in [-0.2, 0) is 20.1 Å². The number of rotatable bonds is 10. The topological polar surface area (TPSA) is 130 Å². The van der Waals surface area contributed by atoms with Crippen LogP contribution in [0.2, 0.25) is 0 Å². The molecule has 1 rings (SSSR count). The molecule has 0 aromatic heterocycles. The monoisotopic (exact) mass is 340 g/mol. The number of hydrogen-bond acceptors (Lipinski definition) is 5. The second kappa shape index (κ2) is 9.86. The highest BCUT2D eigenvalue weighted by Gasteiger charge is 2.23. The average Bonchev–Trinajstić information content (AvgIpc) is 2.52. The molecule has 0 aliphatic carbocycles. The number of carbonyl (C=O) groups excluding carboxylic acids is 1. The van der Waals surface area contributed by atoms with Crippen molar-refractivity contribution in [2.24, 2.45) is 5.73 Å². The Kier molecular flexibility index (Phi) is 8.14. The summed E-state index contributed by atoms with van der Waals surface area (Å²) in [4.78, 5) is 33.5. The van der Waals surface area contributed by atoms with Crippen LogP contribution in [0, 0.1) is 0 Å². The summed E-state index contributed by atoms with van der Waals surface area (Å²) in [6.07, 6.45) is -0.278. The second-order valence-corrected chi connectivity index (χ2v) is 5.97. The van der Waals surface area contributed by atoms with Gasteiger partial charge in [0.1, 0.15) is 6.04 Å². The van der Waals surface area contributed by atoms with Gasteiger partial charge in [0.25, 0.3) is 0 Å². The average molecular weight is 340 g/mol. The van der Waals surface area contributed by atoms with E-state index in [4.69, 9.17) is 15.9 Å². The molecule has 0 spiro atoms. The van der Waals surface area contributed by atoms with Gasteiger partial charge in [0.2, 0.25) is 5.91 Å². The molecule has 0 fully saturated rings. The van der Waals surface area contributed by atoms with Crippen LogP contribution >= 0.6 is 11.8 Å². The van der Waals surface area contributed by atoms with E-state index >= 15 is 0 Å². The lowest BCUT2D eigenvalue weighted by Gasteiger charge is -2.17. The van der Waals surface area contributed by atoms with Crippen molar-refractivity contribution in [2.45, 2.75) is 30.7 Å². The highest BCUT2D eigenvalue weighted by Crippen LogP contribution is 2.13. The number of benzene rings is 1. The molecule has 0 aliphatic heterocycles. The Hall–Kier alpha value is -2.06. The van der Waals surface area contributed by atoms with Gasteiger partial charge in [-0.3, -0.25) is 9.59 Å². The van der Waals surface area contributed by atoms with Crippen LogP contribution in [0.1, 0.15) is 18.4 Å². The fourth-order valence-electron chi connectivity index (χ4n) is 1.73. The summed E-state index contributed by atoms with van der Waals surface area (Å²) in [5.74, 6) is -2.03. The SMILES string of the molecule is N[C@@H](CCC(=O)O)C(=O)N[C@H](CSCc1ccccc1)C(=O)O. The number of hydrogen-bond donors (Lipinski definition) is 4. The van der Waals surface area contributed by atoms with E-state index in [0.29, 0.717) is 5.75 Å². The number of carbonyl (C=O) groups is 3. The first-order valence-electron chi connectivity index (χ1n) is 7.02. The Morgan fingerprint density at radius 1 is 1.17 bits per heavy atom. The summed E-state index contributed by atoms with van der Waals surface area (Å²) in [7, 11) is 0. The molecule has 7 nitrogen and oxygen atoms in total. The number of nitrogens with two attached hydrogens (primary N) is 1. The highest BCUT2D eigenvalue weighted by atomic mass is 32.2. The maximum Gasteiger partial charge on any atom is 0.327 e. The minimum Gasteiger partial charge on any atom is -0.481 e. The van der Waals surface area contributed by atoms with Crippen LogP contribution < -0.4 is 11.1 Å². The molecule has 8 heteroatoms. The lowest BCUT2D eigenvalue weighted by atomic mass is 10.1. The smallest absolute Gasteiger partial charge is 0.327 e. The van der Waals surface area contributed by atoms with E-state index in [2.05, 4.69) is 5.32 Å². The number of carboxylic acids is 2. The summed E-state index contributed by atoms with van der Waals surface area (Å²) in [5.41, 5.74) is 6.62. The molecule has 0 heterocycles. The quantitative estimate of drug-likeness (QED) is 0.493. The lowest BCUT2D eigenvalue weighted by Crippen LogP contribution is -2.49. The predicted octanol–water partition coefficient (Wildman–Crippen LogP) is 0.681. The first kappa shape index (κ1) is 19.0. The molecule has 0 unspecified atom stereocenters. The van der Waals surface area contributed by atoms with E-state index in [0.717, 1.165) is 5.56 Å². The number of carboxylic acid groups (broad SMARTS) is 2. The van der Waals surface area contributed by atoms with Gasteiger partial charge < -0.3 is 21.3 Å². The van der Waals surface area contributed by atoms with Gasteiger partial charge in [-0.05, 0) is 12.0 Å². The number of amides is 1. The standard InChI is InChI=1S/C15H20N2O5S/c16-11(6-7-13(18)19)14(20)17-12(15(21)22)9-23-8-10-4-2-1-3-5-10/h1-5,11-12H,6-9,16H2,(H,17,20)(H,18,19)(H,21,22)/t11-,12+/m0/s1. The van der Waals surface area contributed by atoms with E-state index in [-0.39, 0.29) is 18.6 Å². The van der Waals surface area contributed by atoms with Gasteiger partial charge in [-0.2, -0.15) is 11.8 Å². The van der Waals surface area contributed by atoms with Crippen molar-refractivity contribution >= 4 is 29.6 Å². The Morgan fingerprint density at radius 3 is 2.39 bits per heavy atom. The zero-order valence-corrected chi connectivity index (χ0v) is 13.3. The summed E-state index contributed by atoms with van der Waals surface area (Å²) >= 11 is 1.38. The third kappa shape index (κ3) is 7.66. The van der Waals surface area contributed by atoms with Crippen LogP contribution in [0.25, 0.3) is 0 Å². The van der Waals surface area contributed by atoms with E-state index in [9.17, 15) is 14.4 Å². The molecule has 0 saturated heterocycles. The van der Waals surface area contributed by atoms with Crippen molar-refractivity contribution in [2.75, 3.05) is 5.75 Å². The number of nitrogens with one attached hydrogen (secondary N) is 1. The van der Waals surface area contributed by atoms with Crippen molar-refractivity contribution in [1.29, 1.82) is 0 Å². The van der Waals surface area contributed by atoms with Crippen molar-refractivity contribution < 1.29 is 24.6 Å². The van der Waals surface area contributed by atoms with Crippen LogP contribution in [0.3, 0.4) is 0 Å². The van der Waals surface area contributed by atoms with Gasteiger partial charge >= 0.3 is 11.9 Å². The van der Waals surface area contributed by atoms with Crippen molar-refractivity contribution in [3.8, 4) is 0 Å². The van der Waals surface area contributed by atoms with Crippen molar-refractivity contribution in [3.63, 3.8) is 0 Å². The van der Waals surface area contributed by atoms with E-state index in [1.807, 2.05) is 30.3 Å². The summed E-state index contributed by atoms with van der Waals surface area (Å²) in [5, 5.41) is 20.1. The summed E-state index contributed by atoms with van der Waals surface area (Å²) < 4.78 is 0. The van der Waals surface area contributed by atoms with Gasteiger partial charge in [-0.15, -0.1) is 0 Å². The molecule has 1 aromatic rings. The fourth-order valence-corrected chi connectivity index (χ4v) is 2.74. The van der Waals surface area contributed by atoms with Crippen LogP contribution in [-0.4, -0.2) is 45.9 Å². The minimum atomic E-state index is -1.15. The fraction of sp³-hybridized carbons (Fsp3) is 0.400. The highest BCUT2D eigenvalue weighted by molar-refractivity contribution is 7.98. The van der Waals surface area contributed by atoms with Crippen molar-refractivity contribution in [1.82, 2.24) is 5.32 Å². The summed E-state index contributed by atoms with van der Waals surface area (Å²) in [6, 6.07) is 7.46. The predicted molar refractivity (Wildman–Crippen MR) is 87.0 cm³/mol. The Balaban J connectivity index is 2.43. The van der Waals surface area contributed by atoms with Gasteiger partial charge in [0, 0.05) is 17.9 Å². The number of thioether (sulfide) groups is 1. The molecule has 2 atom stereocenters. The van der Waals surface area contributed by atoms with Gasteiger partial charge in [0.05, 0.1) is 6.04 Å². The van der Waals surface area contributed by atoms with Gasteiger partial charge in [-0.25, -0.2) is 4.79 Å². The molecular weight excluding hydrogens is 320 g/mol. The molecule has 23 heavy (non-hydrogen) atoms. The third-order valence-corrected chi connectivity index (χ3v) is 4.12. The zero-order valence-electron chi connectivity index (χ0n) is 12.5. The molecule has 5 N–H and O–H groups in total. The molecule has 0 radical (unpaired) electrons. The molecule has 1 aromatic carbocycles. The van der Waals surface area contributed by atoms with E-state index in [1.54, 1.807) is 0 Å². The van der Waals surface area contributed by atoms with Crippen molar-refractivity contribution in [3.05, 3.63) is 35.9 Å². The Bertz CT molecular complexity index is 538. The second-order valence-electron chi connectivity index (χ2n) is 4.94. The Labute approximate surface area is 138 Å². The largest absolute Gasteiger partial charge is 0.481 e. The third-order valence-electron chi connectivity index (χ3n) is 3.02. The van der Waals surface area contributed by atoms with Gasteiger partial charge in [0.15, 0.2) is 0 Å². The Morgan fingerprint density at radius 2 is 1.83 bits per heavy atom. The number of aliphatic carboxylic acids is 2. The van der Waals surface area contributed by atoms with Crippen LogP contribution in [0.4, 0.5) is 0 Å². The van der Waals surface area contributed by atoms with E-state index in [1.165, 1.54) is 11.8 Å². The minimum absolute atomic E-state index is 0.0370. The molecule has 1 amide bonds. The van der Waals surface area contributed by atoms with Crippen LogP contribution in [0.5, 0.6) is 0 Å². The maximum absolute atomic E-state index is 11.8. The van der Waals surface area contributed by atoms with E-state index < -0.39 is 29.9 Å². The molecule has 0 saturated carbocycles. The molecular formula is C15H20N2O5S. The maximum atomic E-state index is 11.8. The zero-order chi connectivity index (χ0) is 17.2. The first-order chi connectivity index (χ1) is 10.9. The van der Waals surface area contributed by atoms with Crippen LogP contribution in [0.15, 0.2) is 30.3 Å². The lowest BCUT2D eigenvalue weighted by molar-refractivity contribution is -0.141. The summed E-state index contributed by atoms with van der Waals surface area (Å²) in [6.45, 7) is 0.